The fraction of sp³-hybridized carbons (Fsp3) is 0.250. The van der Waals surface area contributed by atoms with Gasteiger partial charge < -0.3 is 14.2 Å². The maximum absolute atomic E-state index is 5.99. The monoisotopic (exact) mass is 292 g/mol. The summed E-state index contributed by atoms with van der Waals surface area (Å²) in [6.45, 7) is 3.51. The van der Waals surface area contributed by atoms with Crippen molar-refractivity contribution in [1.82, 2.24) is 0 Å². The predicted octanol–water partition coefficient (Wildman–Crippen LogP) is 4.20. The Labute approximate surface area is 124 Å². The van der Waals surface area contributed by atoms with Crippen LogP contribution in [0.4, 0.5) is 0 Å². The standard InChI is InChI=1S/C16H17ClO3/c1-2-18-13-7-9-14(10-8-13)19-11-12-20-16-6-4-3-5-15(16)17/h3-10H,2,11-12H2,1H3. The van der Waals surface area contributed by atoms with Gasteiger partial charge >= 0.3 is 0 Å². The van der Waals surface area contributed by atoms with Crippen LogP contribution in [0.1, 0.15) is 6.92 Å². The SMILES string of the molecule is CCOc1ccc(OCCOc2ccccc2Cl)cc1. The molecule has 20 heavy (non-hydrogen) atoms. The second-order valence-electron chi connectivity index (χ2n) is 4.03. The first-order valence-electron chi connectivity index (χ1n) is 6.52. The normalized spacial score (nSPS) is 10.1. The summed E-state index contributed by atoms with van der Waals surface area (Å²) < 4.78 is 16.5. The first-order chi connectivity index (χ1) is 9.79. The molecule has 0 amide bonds. The van der Waals surface area contributed by atoms with Gasteiger partial charge in [0.15, 0.2) is 0 Å². The van der Waals surface area contributed by atoms with Crippen molar-refractivity contribution in [2.75, 3.05) is 19.8 Å². The molecule has 3 nitrogen and oxygen atoms in total. The van der Waals surface area contributed by atoms with Crippen LogP contribution in [0.2, 0.25) is 5.02 Å². The van der Waals surface area contributed by atoms with Crippen LogP contribution in [-0.2, 0) is 0 Å². The highest BCUT2D eigenvalue weighted by molar-refractivity contribution is 6.32. The van der Waals surface area contributed by atoms with E-state index in [0.717, 1.165) is 11.5 Å². The average Bonchev–Trinajstić information content (AvgIpc) is 2.47. The van der Waals surface area contributed by atoms with Gasteiger partial charge in [0.25, 0.3) is 0 Å². The van der Waals surface area contributed by atoms with E-state index in [9.17, 15) is 0 Å². The van der Waals surface area contributed by atoms with Crippen molar-refractivity contribution < 1.29 is 14.2 Å². The Morgan fingerprint density at radius 2 is 1.40 bits per heavy atom. The second kappa shape index (κ2) is 7.65. The van der Waals surface area contributed by atoms with E-state index in [0.29, 0.717) is 30.6 Å². The number of hydrogen-bond donors (Lipinski definition) is 0. The third-order valence-corrected chi connectivity index (χ3v) is 2.89. The van der Waals surface area contributed by atoms with Gasteiger partial charge in [0.2, 0.25) is 0 Å². The maximum Gasteiger partial charge on any atom is 0.138 e. The molecule has 2 rings (SSSR count). The van der Waals surface area contributed by atoms with Crippen LogP contribution >= 0.6 is 11.6 Å². The van der Waals surface area contributed by atoms with Crippen molar-refractivity contribution in [3.05, 3.63) is 53.6 Å². The third kappa shape index (κ3) is 4.35. The number of hydrogen-bond acceptors (Lipinski definition) is 3. The average molecular weight is 293 g/mol. The van der Waals surface area contributed by atoms with E-state index < -0.39 is 0 Å². The zero-order valence-electron chi connectivity index (χ0n) is 11.3. The lowest BCUT2D eigenvalue weighted by atomic mass is 10.3. The summed E-state index contributed by atoms with van der Waals surface area (Å²) in [5, 5.41) is 0.605. The summed E-state index contributed by atoms with van der Waals surface area (Å²) in [5.41, 5.74) is 0. The van der Waals surface area contributed by atoms with Gasteiger partial charge in [0.05, 0.1) is 11.6 Å². The summed E-state index contributed by atoms with van der Waals surface area (Å²) in [6, 6.07) is 14.9. The van der Waals surface area contributed by atoms with E-state index in [1.807, 2.05) is 49.4 Å². The number of ether oxygens (including phenoxy) is 3. The van der Waals surface area contributed by atoms with E-state index in [2.05, 4.69) is 0 Å². The van der Waals surface area contributed by atoms with Crippen molar-refractivity contribution in [2.45, 2.75) is 6.92 Å². The minimum atomic E-state index is 0.441. The van der Waals surface area contributed by atoms with Gasteiger partial charge in [-0.25, -0.2) is 0 Å². The second-order valence-corrected chi connectivity index (χ2v) is 4.44. The Morgan fingerprint density at radius 3 is 2.05 bits per heavy atom. The van der Waals surface area contributed by atoms with Crippen molar-refractivity contribution in [2.24, 2.45) is 0 Å². The van der Waals surface area contributed by atoms with Crippen molar-refractivity contribution in [3.63, 3.8) is 0 Å². The lowest BCUT2D eigenvalue weighted by Gasteiger charge is -2.10. The van der Waals surface area contributed by atoms with Crippen LogP contribution in [0.5, 0.6) is 17.2 Å². The number of halogens is 1. The number of para-hydroxylation sites is 1. The summed E-state index contributed by atoms with van der Waals surface area (Å²) in [7, 11) is 0. The Hall–Kier alpha value is -1.87. The molecule has 106 valence electrons. The molecular weight excluding hydrogens is 276 g/mol. The lowest BCUT2D eigenvalue weighted by molar-refractivity contribution is 0.217. The molecule has 0 atom stereocenters. The molecule has 0 saturated carbocycles. The zero-order chi connectivity index (χ0) is 14.2. The largest absolute Gasteiger partial charge is 0.494 e. The molecule has 0 saturated heterocycles. The van der Waals surface area contributed by atoms with Crippen LogP contribution in [-0.4, -0.2) is 19.8 Å². The molecule has 4 heteroatoms. The molecule has 0 heterocycles. The molecule has 2 aromatic rings. The van der Waals surface area contributed by atoms with Gasteiger partial charge in [-0.1, -0.05) is 23.7 Å². The van der Waals surface area contributed by atoms with Gasteiger partial charge in [-0.15, -0.1) is 0 Å². The van der Waals surface area contributed by atoms with Crippen LogP contribution in [0.15, 0.2) is 48.5 Å². The summed E-state index contributed by atoms with van der Waals surface area (Å²) in [6.07, 6.45) is 0. The van der Waals surface area contributed by atoms with Crippen molar-refractivity contribution in [3.8, 4) is 17.2 Å². The fourth-order valence-electron chi connectivity index (χ4n) is 1.67. The van der Waals surface area contributed by atoms with E-state index in [4.69, 9.17) is 25.8 Å². The summed E-state index contributed by atoms with van der Waals surface area (Å²) in [4.78, 5) is 0. The maximum atomic E-state index is 5.99. The molecule has 2 aromatic carbocycles. The Morgan fingerprint density at radius 1 is 0.800 bits per heavy atom. The highest BCUT2D eigenvalue weighted by Crippen LogP contribution is 2.23. The van der Waals surface area contributed by atoms with Crippen LogP contribution in [0, 0.1) is 0 Å². The smallest absolute Gasteiger partial charge is 0.138 e. The van der Waals surface area contributed by atoms with Gasteiger partial charge in [-0.3, -0.25) is 0 Å². The highest BCUT2D eigenvalue weighted by atomic mass is 35.5. The quantitative estimate of drug-likeness (QED) is 0.716. The minimum absolute atomic E-state index is 0.441. The Kier molecular flexibility index (Phi) is 5.56. The molecule has 0 aliphatic carbocycles. The van der Waals surface area contributed by atoms with Gasteiger partial charge in [0.1, 0.15) is 30.5 Å². The fourth-order valence-corrected chi connectivity index (χ4v) is 1.86. The van der Waals surface area contributed by atoms with E-state index in [-0.39, 0.29) is 0 Å². The van der Waals surface area contributed by atoms with Gasteiger partial charge in [-0.2, -0.15) is 0 Å². The molecule has 0 bridgehead atoms. The van der Waals surface area contributed by atoms with Crippen LogP contribution in [0.25, 0.3) is 0 Å². The number of rotatable bonds is 7. The molecule has 0 aliphatic heterocycles. The minimum Gasteiger partial charge on any atom is -0.494 e. The van der Waals surface area contributed by atoms with Gasteiger partial charge in [0, 0.05) is 0 Å². The van der Waals surface area contributed by atoms with Crippen LogP contribution < -0.4 is 14.2 Å². The Balaban J connectivity index is 1.74. The molecule has 0 radical (unpaired) electrons. The highest BCUT2D eigenvalue weighted by Gasteiger charge is 2.00. The summed E-state index contributed by atoms with van der Waals surface area (Å²) in [5.74, 6) is 2.30. The number of benzene rings is 2. The molecule has 0 N–H and O–H groups in total. The molecule has 0 aliphatic rings. The van der Waals surface area contributed by atoms with Gasteiger partial charge in [-0.05, 0) is 43.3 Å². The van der Waals surface area contributed by atoms with Crippen molar-refractivity contribution >= 4 is 11.6 Å². The summed E-state index contributed by atoms with van der Waals surface area (Å²) >= 11 is 5.99. The van der Waals surface area contributed by atoms with E-state index >= 15 is 0 Å². The lowest BCUT2D eigenvalue weighted by Crippen LogP contribution is -2.09. The van der Waals surface area contributed by atoms with Crippen LogP contribution in [0.3, 0.4) is 0 Å². The zero-order valence-corrected chi connectivity index (χ0v) is 12.1. The predicted molar refractivity (Wildman–Crippen MR) is 80.1 cm³/mol. The first-order valence-corrected chi connectivity index (χ1v) is 6.90. The van der Waals surface area contributed by atoms with E-state index in [1.54, 1.807) is 6.07 Å². The topological polar surface area (TPSA) is 27.7 Å². The molecule has 0 aromatic heterocycles. The first kappa shape index (κ1) is 14.5. The van der Waals surface area contributed by atoms with E-state index in [1.165, 1.54) is 0 Å². The molecule has 0 fully saturated rings. The molecule has 0 unspecified atom stereocenters. The molecule has 0 spiro atoms. The third-order valence-electron chi connectivity index (χ3n) is 2.58. The Bertz CT molecular complexity index is 526. The van der Waals surface area contributed by atoms with Crippen molar-refractivity contribution in [1.29, 1.82) is 0 Å². The molecular formula is C16H17ClO3.